The Balaban J connectivity index is 2.11. The molecule has 2 heteroatoms. The van der Waals surface area contributed by atoms with Crippen molar-refractivity contribution in [2.75, 3.05) is 19.8 Å². The largest absolute Gasteiger partial charge is 0.379 e. The molecule has 2 aliphatic rings. The molecule has 0 aromatic rings. The Morgan fingerprint density at radius 3 is 3.00 bits per heavy atom. The summed E-state index contributed by atoms with van der Waals surface area (Å²) < 4.78 is 5.39. The van der Waals surface area contributed by atoms with Gasteiger partial charge in [-0.15, -0.1) is 0 Å². The molecule has 0 saturated carbocycles. The molecule has 10 heavy (non-hydrogen) atoms. The Morgan fingerprint density at radius 2 is 2.50 bits per heavy atom. The molecule has 2 aliphatic heterocycles. The van der Waals surface area contributed by atoms with E-state index in [1.165, 1.54) is 19.4 Å². The zero-order valence-corrected chi connectivity index (χ0v) is 6.52. The third kappa shape index (κ3) is 0.789. The lowest BCUT2D eigenvalue weighted by molar-refractivity contribution is 0.160. The second-order valence-electron chi connectivity index (χ2n) is 3.58. The fraction of sp³-hybridized carbons (Fsp3) is 1.00. The van der Waals surface area contributed by atoms with Crippen LogP contribution in [0.15, 0.2) is 0 Å². The van der Waals surface area contributed by atoms with E-state index in [0.717, 1.165) is 19.1 Å². The maximum atomic E-state index is 5.39. The van der Waals surface area contributed by atoms with Crippen LogP contribution in [0.5, 0.6) is 0 Å². The van der Waals surface area contributed by atoms with Crippen molar-refractivity contribution in [2.24, 2.45) is 5.92 Å². The number of ether oxygens (including phenoxy) is 1. The first-order valence-electron chi connectivity index (χ1n) is 4.16. The van der Waals surface area contributed by atoms with Crippen LogP contribution < -0.4 is 5.32 Å². The second-order valence-corrected chi connectivity index (χ2v) is 3.58. The standard InChI is InChI=1S/C8H15NO/c1-7-2-4-9-8(7)3-5-10-6-8/h7,9H,2-6H2,1H3/t7-,8-/m0/s1. The monoisotopic (exact) mass is 141 g/mol. The lowest BCUT2D eigenvalue weighted by atomic mass is 9.86. The van der Waals surface area contributed by atoms with Gasteiger partial charge >= 0.3 is 0 Å². The van der Waals surface area contributed by atoms with Crippen LogP contribution in [0.1, 0.15) is 19.8 Å². The van der Waals surface area contributed by atoms with Crippen LogP contribution in [0.2, 0.25) is 0 Å². The highest BCUT2D eigenvalue weighted by atomic mass is 16.5. The van der Waals surface area contributed by atoms with Crippen molar-refractivity contribution in [3.8, 4) is 0 Å². The van der Waals surface area contributed by atoms with E-state index in [1.54, 1.807) is 0 Å². The highest BCUT2D eigenvalue weighted by Gasteiger charge is 2.42. The van der Waals surface area contributed by atoms with Crippen LogP contribution >= 0.6 is 0 Å². The van der Waals surface area contributed by atoms with Crippen molar-refractivity contribution in [1.82, 2.24) is 5.32 Å². The fourth-order valence-electron chi connectivity index (χ4n) is 2.10. The average Bonchev–Trinajstić information content (AvgIpc) is 2.48. The summed E-state index contributed by atoms with van der Waals surface area (Å²) in [6, 6.07) is 0. The maximum absolute atomic E-state index is 5.39. The van der Waals surface area contributed by atoms with Gasteiger partial charge in [0.25, 0.3) is 0 Å². The molecule has 2 fully saturated rings. The zero-order valence-electron chi connectivity index (χ0n) is 6.52. The van der Waals surface area contributed by atoms with E-state index in [9.17, 15) is 0 Å². The van der Waals surface area contributed by atoms with Crippen LogP contribution in [0, 0.1) is 5.92 Å². The minimum absolute atomic E-state index is 0.375. The Morgan fingerprint density at radius 1 is 1.60 bits per heavy atom. The summed E-state index contributed by atoms with van der Waals surface area (Å²) in [7, 11) is 0. The summed E-state index contributed by atoms with van der Waals surface area (Å²) in [5.41, 5.74) is 0.375. The van der Waals surface area contributed by atoms with E-state index in [4.69, 9.17) is 4.74 Å². The molecule has 0 aliphatic carbocycles. The molecule has 2 heterocycles. The molecule has 0 bridgehead atoms. The summed E-state index contributed by atoms with van der Waals surface area (Å²) in [5.74, 6) is 0.815. The lowest BCUT2D eigenvalue weighted by Gasteiger charge is -2.26. The van der Waals surface area contributed by atoms with Crippen molar-refractivity contribution in [3.63, 3.8) is 0 Å². The van der Waals surface area contributed by atoms with Gasteiger partial charge in [0.2, 0.25) is 0 Å². The van der Waals surface area contributed by atoms with Crippen molar-refractivity contribution < 1.29 is 4.74 Å². The van der Waals surface area contributed by atoms with Gasteiger partial charge in [-0.25, -0.2) is 0 Å². The van der Waals surface area contributed by atoms with E-state index in [-0.39, 0.29) is 0 Å². The van der Waals surface area contributed by atoms with Crippen molar-refractivity contribution in [1.29, 1.82) is 0 Å². The SMILES string of the molecule is C[C@H]1CCN[C@]12CCOC2. The molecule has 1 spiro atoms. The molecule has 0 aromatic carbocycles. The lowest BCUT2D eigenvalue weighted by Crippen LogP contribution is -2.44. The topological polar surface area (TPSA) is 21.3 Å². The van der Waals surface area contributed by atoms with E-state index in [1.807, 2.05) is 0 Å². The molecule has 0 aromatic heterocycles. The molecule has 0 unspecified atom stereocenters. The molecular formula is C8H15NO. The molecule has 2 saturated heterocycles. The van der Waals surface area contributed by atoms with Gasteiger partial charge in [-0.05, 0) is 25.3 Å². The van der Waals surface area contributed by atoms with E-state index in [0.29, 0.717) is 5.54 Å². The smallest absolute Gasteiger partial charge is 0.0651 e. The van der Waals surface area contributed by atoms with E-state index in [2.05, 4.69) is 12.2 Å². The number of hydrogen-bond donors (Lipinski definition) is 1. The number of nitrogens with one attached hydrogen (secondary N) is 1. The van der Waals surface area contributed by atoms with Crippen molar-refractivity contribution in [2.45, 2.75) is 25.3 Å². The molecular weight excluding hydrogens is 126 g/mol. The van der Waals surface area contributed by atoms with Gasteiger partial charge in [-0.1, -0.05) is 6.92 Å². The van der Waals surface area contributed by atoms with Crippen LogP contribution in [0.4, 0.5) is 0 Å². The Labute approximate surface area is 61.9 Å². The van der Waals surface area contributed by atoms with Crippen LogP contribution in [0.25, 0.3) is 0 Å². The number of hydrogen-bond acceptors (Lipinski definition) is 2. The van der Waals surface area contributed by atoms with Gasteiger partial charge in [0, 0.05) is 12.1 Å². The first-order valence-corrected chi connectivity index (χ1v) is 4.16. The molecule has 0 amide bonds. The van der Waals surface area contributed by atoms with Crippen LogP contribution in [0.3, 0.4) is 0 Å². The summed E-state index contributed by atoms with van der Waals surface area (Å²) in [5, 5.41) is 3.56. The average molecular weight is 141 g/mol. The first kappa shape index (κ1) is 6.62. The summed E-state index contributed by atoms with van der Waals surface area (Å²) in [6.07, 6.45) is 2.54. The number of rotatable bonds is 0. The van der Waals surface area contributed by atoms with Gasteiger partial charge in [0.05, 0.1) is 6.61 Å². The van der Waals surface area contributed by atoms with Gasteiger partial charge < -0.3 is 10.1 Å². The van der Waals surface area contributed by atoms with Crippen molar-refractivity contribution >= 4 is 0 Å². The predicted octanol–water partition coefficient (Wildman–Crippen LogP) is 0.775. The maximum Gasteiger partial charge on any atom is 0.0651 e. The van der Waals surface area contributed by atoms with E-state index >= 15 is 0 Å². The van der Waals surface area contributed by atoms with Crippen molar-refractivity contribution in [3.05, 3.63) is 0 Å². The Bertz CT molecular complexity index is 124. The van der Waals surface area contributed by atoms with Crippen LogP contribution in [-0.2, 0) is 4.74 Å². The second kappa shape index (κ2) is 2.21. The van der Waals surface area contributed by atoms with Gasteiger partial charge in [0.15, 0.2) is 0 Å². The predicted molar refractivity (Wildman–Crippen MR) is 40.0 cm³/mol. The highest BCUT2D eigenvalue weighted by molar-refractivity contribution is 5.00. The summed E-state index contributed by atoms with van der Waals surface area (Å²) in [6.45, 7) is 5.41. The minimum Gasteiger partial charge on any atom is -0.379 e. The molecule has 2 nitrogen and oxygen atoms in total. The summed E-state index contributed by atoms with van der Waals surface area (Å²) in [4.78, 5) is 0. The Hall–Kier alpha value is -0.0800. The zero-order chi connectivity index (χ0) is 7.03. The molecule has 58 valence electrons. The van der Waals surface area contributed by atoms with E-state index < -0.39 is 0 Å². The Kier molecular flexibility index (Phi) is 1.46. The van der Waals surface area contributed by atoms with Crippen LogP contribution in [-0.4, -0.2) is 25.3 Å². The summed E-state index contributed by atoms with van der Waals surface area (Å²) >= 11 is 0. The third-order valence-electron chi connectivity index (χ3n) is 3.05. The fourth-order valence-corrected chi connectivity index (χ4v) is 2.10. The molecule has 2 rings (SSSR count). The highest BCUT2D eigenvalue weighted by Crippen LogP contribution is 2.33. The first-order chi connectivity index (χ1) is 4.83. The third-order valence-corrected chi connectivity index (χ3v) is 3.05. The quantitative estimate of drug-likeness (QED) is 0.538. The molecule has 0 radical (unpaired) electrons. The van der Waals surface area contributed by atoms with Gasteiger partial charge in [-0.2, -0.15) is 0 Å². The molecule has 1 N–H and O–H groups in total. The normalized spacial score (nSPS) is 47.1. The molecule has 2 atom stereocenters. The van der Waals surface area contributed by atoms with Gasteiger partial charge in [-0.3, -0.25) is 0 Å². The minimum atomic E-state index is 0.375. The van der Waals surface area contributed by atoms with Gasteiger partial charge in [0.1, 0.15) is 0 Å².